The molecular weight excluding hydrogens is 321 g/mol. The van der Waals surface area contributed by atoms with Crippen LogP contribution in [0.1, 0.15) is 5.56 Å². The minimum atomic E-state index is -1.84. The molecule has 126 valence electrons. The molecule has 1 aliphatic heterocycles. The predicted octanol–water partition coefficient (Wildman–Crippen LogP) is 1.78. The van der Waals surface area contributed by atoms with Crippen molar-refractivity contribution in [2.45, 2.75) is 12.1 Å². The number of aromatic nitrogens is 2. The van der Waals surface area contributed by atoms with Crippen molar-refractivity contribution in [2.75, 3.05) is 5.32 Å². The molecule has 0 amide bonds. The Morgan fingerprint density at radius 1 is 1.33 bits per heavy atom. The van der Waals surface area contributed by atoms with Crippen LogP contribution in [0, 0.1) is 11.6 Å². The van der Waals surface area contributed by atoms with Crippen molar-refractivity contribution >= 4 is 11.6 Å². The molecule has 0 spiro atoms. The van der Waals surface area contributed by atoms with Crippen molar-refractivity contribution in [3.05, 3.63) is 59.8 Å². The average molecular weight is 336 g/mol. The standard InChI is InChI=1S/C15H15F3N6/c1-24-8-10(6-21-24)22-14-20-7-12(17)15(19,23-14)5-9-3-2-4-11(16)13(9)18/h2-4,6-8H,5,19H2,1H3,(H2,20,22,23). The van der Waals surface area contributed by atoms with Gasteiger partial charge < -0.3 is 16.4 Å². The zero-order valence-electron chi connectivity index (χ0n) is 12.7. The van der Waals surface area contributed by atoms with Crippen molar-refractivity contribution < 1.29 is 13.2 Å². The zero-order chi connectivity index (χ0) is 17.3. The molecule has 1 atom stereocenters. The third kappa shape index (κ3) is 3.11. The van der Waals surface area contributed by atoms with Crippen LogP contribution in [-0.4, -0.2) is 21.4 Å². The van der Waals surface area contributed by atoms with Crippen LogP contribution in [0.25, 0.3) is 0 Å². The lowest BCUT2D eigenvalue weighted by Crippen LogP contribution is -2.48. The molecule has 1 unspecified atom stereocenters. The summed E-state index contributed by atoms with van der Waals surface area (Å²) in [5.74, 6) is -2.70. The Morgan fingerprint density at radius 3 is 2.83 bits per heavy atom. The van der Waals surface area contributed by atoms with Gasteiger partial charge in [-0.2, -0.15) is 5.10 Å². The normalized spacial score (nSPS) is 20.2. The first-order valence-corrected chi connectivity index (χ1v) is 7.07. The van der Waals surface area contributed by atoms with E-state index in [2.05, 4.69) is 20.7 Å². The van der Waals surface area contributed by atoms with E-state index in [0.29, 0.717) is 5.69 Å². The minimum Gasteiger partial charge on any atom is -0.330 e. The highest BCUT2D eigenvalue weighted by Gasteiger charge is 2.35. The molecule has 0 saturated carbocycles. The Kier molecular flexibility index (Phi) is 4.02. The molecule has 9 heteroatoms. The third-order valence-corrected chi connectivity index (χ3v) is 3.52. The van der Waals surface area contributed by atoms with Crippen LogP contribution in [-0.2, 0) is 13.5 Å². The number of nitrogens with two attached hydrogens (primary N) is 1. The van der Waals surface area contributed by atoms with Crippen molar-refractivity contribution in [2.24, 2.45) is 17.8 Å². The van der Waals surface area contributed by atoms with E-state index in [0.717, 1.165) is 12.3 Å². The van der Waals surface area contributed by atoms with E-state index in [1.165, 1.54) is 12.1 Å². The van der Waals surface area contributed by atoms with Crippen molar-refractivity contribution in [1.82, 2.24) is 15.1 Å². The first-order chi connectivity index (χ1) is 11.4. The van der Waals surface area contributed by atoms with Crippen molar-refractivity contribution in [3.63, 3.8) is 0 Å². The topological polar surface area (TPSA) is 80.3 Å². The minimum absolute atomic E-state index is 0.0626. The van der Waals surface area contributed by atoms with Crippen LogP contribution in [0.3, 0.4) is 0 Å². The van der Waals surface area contributed by atoms with Crippen LogP contribution in [0.2, 0.25) is 0 Å². The number of halogens is 3. The van der Waals surface area contributed by atoms with Gasteiger partial charge in [-0.3, -0.25) is 4.68 Å². The first-order valence-electron chi connectivity index (χ1n) is 7.07. The predicted molar refractivity (Wildman–Crippen MR) is 83.6 cm³/mol. The lowest BCUT2D eigenvalue weighted by molar-refractivity contribution is 0.388. The van der Waals surface area contributed by atoms with Gasteiger partial charge in [-0.05, 0) is 11.6 Å². The Hall–Kier alpha value is -2.81. The summed E-state index contributed by atoms with van der Waals surface area (Å²) in [4.78, 5) is 4.07. The number of rotatable bonds is 3. The number of nitrogens with zero attached hydrogens (tertiary/aromatic N) is 3. The van der Waals surface area contributed by atoms with Crippen LogP contribution in [0.4, 0.5) is 18.9 Å². The third-order valence-electron chi connectivity index (χ3n) is 3.52. The second kappa shape index (κ2) is 6.00. The van der Waals surface area contributed by atoms with E-state index in [4.69, 9.17) is 5.73 Å². The van der Waals surface area contributed by atoms with Gasteiger partial charge in [0.15, 0.2) is 23.1 Å². The van der Waals surface area contributed by atoms with E-state index in [-0.39, 0.29) is 17.9 Å². The van der Waals surface area contributed by atoms with Gasteiger partial charge in [-0.25, -0.2) is 18.2 Å². The Morgan fingerprint density at radius 2 is 2.12 bits per heavy atom. The number of guanidine groups is 1. The summed E-state index contributed by atoms with van der Waals surface area (Å²) >= 11 is 0. The molecule has 4 N–H and O–H groups in total. The highest BCUT2D eigenvalue weighted by Crippen LogP contribution is 2.26. The summed E-state index contributed by atoms with van der Waals surface area (Å²) in [5, 5.41) is 9.48. The Bertz CT molecular complexity index is 828. The Labute approximate surface area is 135 Å². The number of hydrogen-bond acceptors (Lipinski definition) is 5. The summed E-state index contributed by atoms with van der Waals surface area (Å²) in [6.45, 7) is 0. The molecule has 0 radical (unpaired) electrons. The SMILES string of the molecule is Cn1cc(NC2=NC(N)(Cc3cccc(F)c3F)C(F)=CN2)cn1. The molecule has 1 aromatic heterocycles. The molecule has 3 rings (SSSR count). The lowest BCUT2D eigenvalue weighted by Gasteiger charge is -2.28. The van der Waals surface area contributed by atoms with Crippen LogP contribution >= 0.6 is 0 Å². The van der Waals surface area contributed by atoms with Crippen molar-refractivity contribution in [1.29, 1.82) is 0 Å². The number of aryl methyl sites for hydroxylation is 1. The van der Waals surface area contributed by atoms with Gasteiger partial charge in [0.25, 0.3) is 0 Å². The molecule has 0 saturated heterocycles. The molecule has 0 aliphatic carbocycles. The summed E-state index contributed by atoms with van der Waals surface area (Å²) in [7, 11) is 1.74. The summed E-state index contributed by atoms with van der Waals surface area (Å²) in [6.07, 6.45) is 3.92. The van der Waals surface area contributed by atoms with E-state index < -0.39 is 23.1 Å². The number of aliphatic imine (C=N–C) groups is 1. The second-order valence-electron chi connectivity index (χ2n) is 5.44. The van der Waals surface area contributed by atoms with Gasteiger partial charge in [0.1, 0.15) is 0 Å². The molecule has 0 fully saturated rings. The summed E-state index contributed by atoms with van der Waals surface area (Å²) < 4.78 is 42.9. The van der Waals surface area contributed by atoms with E-state index in [9.17, 15) is 13.2 Å². The van der Waals surface area contributed by atoms with E-state index in [1.54, 1.807) is 24.1 Å². The quantitative estimate of drug-likeness (QED) is 0.798. The fourth-order valence-electron chi connectivity index (χ4n) is 2.33. The van der Waals surface area contributed by atoms with Gasteiger partial charge in [0, 0.05) is 25.9 Å². The molecule has 0 bridgehead atoms. The van der Waals surface area contributed by atoms with Gasteiger partial charge in [0.05, 0.1) is 11.9 Å². The maximum absolute atomic E-state index is 14.2. The fourth-order valence-corrected chi connectivity index (χ4v) is 2.33. The maximum Gasteiger partial charge on any atom is 0.202 e. The number of benzene rings is 1. The highest BCUT2D eigenvalue weighted by molar-refractivity contribution is 5.95. The molecular formula is C15H15F3N6. The van der Waals surface area contributed by atoms with Gasteiger partial charge >= 0.3 is 0 Å². The number of nitrogens with one attached hydrogen (secondary N) is 2. The smallest absolute Gasteiger partial charge is 0.202 e. The Balaban J connectivity index is 1.87. The molecule has 24 heavy (non-hydrogen) atoms. The lowest BCUT2D eigenvalue weighted by atomic mass is 9.98. The van der Waals surface area contributed by atoms with Crippen LogP contribution in [0.15, 0.2) is 47.6 Å². The summed E-state index contributed by atoms with van der Waals surface area (Å²) in [5.41, 5.74) is 4.69. The monoisotopic (exact) mass is 336 g/mol. The first kappa shape index (κ1) is 16.1. The number of anilines is 1. The average Bonchev–Trinajstić information content (AvgIpc) is 2.93. The number of hydrogen-bond donors (Lipinski definition) is 3. The largest absolute Gasteiger partial charge is 0.330 e. The summed E-state index contributed by atoms with van der Waals surface area (Å²) in [6, 6.07) is 3.65. The van der Waals surface area contributed by atoms with Crippen molar-refractivity contribution in [3.8, 4) is 0 Å². The van der Waals surface area contributed by atoms with Crippen LogP contribution in [0.5, 0.6) is 0 Å². The molecule has 2 heterocycles. The maximum atomic E-state index is 14.2. The molecule has 6 nitrogen and oxygen atoms in total. The highest BCUT2D eigenvalue weighted by atomic mass is 19.2. The second-order valence-corrected chi connectivity index (χ2v) is 5.44. The van der Waals surface area contributed by atoms with Crippen LogP contribution < -0.4 is 16.4 Å². The van der Waals surface area contributed by atoms with Gasteiger partial charge in [0.2, 0.25) is 5.96 Å². The fraction of sp³-hybridized carbons (Fsp3) is 0.200. The molecule has 1 aromatic carbocycles. The van der Waals surface area contributed by atoms with E-state index in [1.807, 2.05) is 0 Å². The zero-order valence-corrected chi connectivity index (χ0v) is 12.7. The van der Waals surface area contributed by atoms with E-state index >= 15 is 0 Å². The molecule has 1 aliphatic rings. The van der Waals surface area contributed by atoms with Gasteiger partial charge in [-0.1, -0.05) is 12.1 Å². The van der Waals surface area contributed by atoms with Gasteiger partial charge in [-0.15, -0.1) is 0 Å². The molecule has 2 aromatic rings.